The molecule has 0 atom stereocenters. The number of nitrogens with one attached hydrogen (secondary N) is 1. The second-order valence-electron chi connectivity index (χ2n) is 4.83. The van der Waals surface area contributed by atoms with E-state index < -0.39 is 0 Å². The van der Waals surface area contributed by atoms with Crippen LogP contribution in [0.15, 0.2) is 24.4 Å². The first-order valence-corrected chi connectivity index (χ1v) is 8.02. The van der Waals surface area contributed by atoms with Crippen LogP contribution in [-0.4, -0.2) is 30.6 Å². The van der Waals surface area contributed by atoms with E-state index >= 15 is 0 Å². The lowest BCUT2D eigenvalue weighted by molar-refractivity contribution is 0.187. The summed E-state index contributed by atoms with van der Waals surface area (Å²) in [7, 11) is 2.08. The van der Waals surface area contributed by atoms with Gasteiger partial charge in [0, 0.05) is 24.3 Å². The van der Waals surface area contributed by atoms with Crippen molar-refractivity contribution in [3.05, 3.63) is 24.4 Å². The molecule has 0 radical (unpaired) electrons. The smallest absolute Gasteiger partial charge is 0.0287 e. The molecule has 2 heteroatoms. The average Bonchev–Trinajstić information content (AvgIpc) is 2.49. The van der Waals surface area contributed by atoms with Gasteiger partial charge in [-0.3, -0.25) is 0 Å². The van der Waals surface area contributed by atoms with E-state index in [1.165, 1.54) is 31.4 Å². The minimum atomic E-state index is 0.732. The Hall–Kier alpha value is -0.760. The Balaban J connectivity index is 0.00000154. The highest BCUT2D eigenvalue weighted by Gasteiger charge is 2.24. The summed E-state index contributed by atoms with van der Waals surface area (Å²) in [5.41, 5.74) is 1.44. The van der Waals surface area contributed by atoms with Crippen molar-refractivity contribution in [1.82, 2.24) is 10.2 Å². The Morgan fingerprint density at radius 1 is 1.21 bits per heavy atom. The van der Waals surface area contributed by atoms with Crippen molar-refractivity contribution >= 4 is 0 Å². The molecule has 112 valence electrons. The number of hydrogen-bond acceptors (Lipinski definition) is 2. The quantitative estimate of drug-likeness (QED) is 0.719. The summed E-state index contributed by atoms with van der Waals surface area (Å²) in [5, 5.41) is 3.40. The number of rotatable bonds is 6. The van der Waals surface area contributed by atoms with Gasteiger partial charge >= 0.3 is 0 Å². The fraction of sp³-hybridized carbons (Fsp3) is 0.765. The van der Waals surface area contributed by atoms with Crippen LogP contribution in [0.2, 0.25) is 0 Å². The fourth-order valence-electron chi connectivity index (χ4n) is 2.92. The van der Waals surface area contributed by atoms with E-state index in [1.807, 2.05) is 19.9 Å². The van der Waals surface area contributed by atoms with Gasteiger partial charge in [-0.25, -0.2) is 0 Å². The Morgan fingerprint density at radius 3 is 2.16 bits per heavy atom. The Kier molecular flexibility index (Phi) is 10.7. The van der Waals surface area contributed by atoms with Gasteiger partial charge in [0.1, 0.15) is 0 Å². The van der Waals surface area contributed by atoms with E-state index in [0.29, 0.717) is 0 Å². The van der Waals surface area contributed by atoms with Gasteiger partial charge in [0.15, 0.2) is 0 Å². The fourth-order valence-corrected chi connectivity index (χ4v) is 2.92. The lowest BCUT2D eigenvalue weighted by Gasteiger charge is -2.39. The van der Waals surface area contributed by atoms with Gasteiger partial charge in [-0.15, -0.1) is 0 Å². The topological polar surface area (TPSA) is 15.3 Å². The van der Waals surface area contributed by atoms with E-state index in [9.17, 15) is 0 Å². The first-order valence-electron chi connectivity index (χ1n) is 8.02. The van der Waals surface area contributed by atoms with E-state index in [0.717, 1.165) is 25.0 Å². The van der Waals surface area contributed by atoms with Crippen LogP contribution in [0.3, 0.4) is 0 Å². The molecule has 0 aliphatic heterocycles. The predicted octanol–water partition coefficient (Wildman–Crippen LogP) is 4.35. The van der Waals surface area contributed by atoms with Crippen LogP contribution in [0.1, 0.15) is 59.8 Å². The molecule has 19 heavy (non-hydrogen) atoms. The maximum absolute atomic E-state index is 3.82. The van der Waals surface area contributed by atoms with Crippen molar-refractivity contribution in [3.63, 3.8) is 0 Å². The molecule has 0 bridgehead atoms. The van der Waals surface area contributed by atoms with Gasteiger partial charge in [-0.2, -0.15) is 0 Å². The third-order valence-electron chi connectivity index (χ3n) is 3.93. The minimum Gasteiger partial charge on any atom is -0.372 e. The molecule has 0 saturated heterocycles. The summed E-state index contributed by atoms with van der Waals surface area (Å²) in [5.74, 6) is 0. The highest BCUT2D eigenvalue weighted by molar-refractivity contribution is 5.10. The molecule has 1 rings (SSSR count). The molecule has 1 aliphatic carbocycles. The maximum Gasteiger partial charge on any atom is 0.0287 e. The molecule has 1 aliphatic rings. The Bertz CT molecular complexity index is 250. The second kappa shape index (κ2) is 11.1. The molecule has 0 unspecified atom stereocenters. The SMILES string of the molecule is C=C/C=C(\CC)N(CC)C1CCC(NC)CC1.CC. The summed E-state index contributed by atoms with van der Waals surface area (Å²) in [6, 6.07) is 1.47. The van der Waals surface area contributed by atoms with Crippen molar-refractivity contribution in [2.75, 3.05) is 13.6 Å². The molecule has 0 amide bonds. The van der Waals surface area contributed by atoms with Gasteiger partial charge in [0.25, 0.3) is 0 Å². The summed E-state index contributed by atoms with van der Waals surface area (Å²) in [4.78, 5) is 2.58. The Labute approximate surface area is 121 Å². The van der Waals surface area contributed by atoms with Crippen LogP contribution >= 0.6 is 0 Å². The molecule has 1 fully saturated rings. The second-order valence-corrected chi connectivity index (χ2v) is 4.83. The molecule has 2 nitrogen and oxygen atoms in total. The largest absolute Gasteiger partial charge is 0.372 e. The zero-order chi connectivity index (χ0) is 14.7. The van der Waals surface area contributed by atoms with Crippen molar-refractivity contribution in [3.8, 4) is 0 Å². The number of allylic oxidation sites excluding steroid dienone is 3. The number of hydrogen-bond donors (Lipinski definition) is 1. The third kappa shape index (κ3) is 5.82. The molecular formula is C17H34N2. The predicted molar refractivity (Wildman–Crippen MR) is 87.4 cm³/mol. The van der Waals surface area contributed by atoms with Crippen LogP contribution < -0.4 is 5.32 Å². The summed E-state index contributed by atoms with van der Waals surface area (Å²) in [6.07, 6.45) is 10.4. The lowest BCUT2D eigenvalue weighted by Crippen LogP contribution is -2.41. The Morgan fingerprint density at radius 2 is 1.79 bits per heavy atom. The van der Waals surface area contributed by atoms with Crippen LogP contribution in [0.4, 0.5) is 0 Å². The van der Waals surface area contributed by atoms with E-state index in [-0.39, 0.29) is 0 Å². The molecule has 0 aromatic carbocycles. The van der Waals surface area contributed by atoms with Crippen LogP contribution in [0.5, 0.6) is 0 Å². The summed E-state index contributed by atoms with van der Waals surface area (Å²) >= 11 is 0. The normalized spacial score (nSPS) is 23.3. The lowest BCUT2D eigenvalue weighted by atomic mass is 9.90. The zero-order valence-corrected chi connectivity index (χ0v) is 13.7. The van der Waals surface area contributed by atoms with Crippen molar-refractivity contribution in [1.29, 1.82) is 0 Å². The summed E-state index contributed by atoms with van der Waals surface area (Å²) < 4.78 is 0. The maximum atomic E-state index is 3.82. The van der Waals surface area contributed by atoms with Crippen molar-refractivity contribution < 1.29 is 0 Å². The van der Waals surface area contributed by atoms with Crippen molar-refractivity contribution in [2.24, 2.45) is 0 Å². The standard InChI is InChI=1S/C15H28N2.C2H6/c1-5-8-14(6-2)17(7-3)15-11-9-13(16-4)10-12-15;1-2/h5,8,13,15-16H,1,6-7,9-12H2,2-4H3;1-2H3/b14-8+;. The van der Waals surface area contributed by atoms with Gasteiger partial charge in [0.2, 0.25) is 0 Å². The van der Waals surface area contributed by atoms with Crippen molar-refractivity contribution in [2.45, 2.75) is 71.9 Å². The van der Waals surface area contributed by atoms with Gasteiger partial charge in [-0.05, 0) is 52.2 Å². The van der Waals surface area contributed by atoms with E-state index in [1.54, 1.807) is 0 Å². The monoisotopic (exact) mass is 266 g/mol. The molecule has 1 saturated carbocycles. The molecule has 0 heterocycles. The van der Waals surface area contributed by atoms with E-state index in [2.05, 4.69) is 43.8 Å². The van der Waals surface area contributed by atoms with E-state index in [4.69, 9.17) is 0 Å². The average molecular weight is 266 g/mol. The minimum absolute atomic E-state index is 0.732. The molecule has 1 N–H and O–H groups in total. The molecule has 0 aromatic heterocycles. The van der Waals surface area contributed by atoms with Gasteiger partial charge in [0.05, 0.1) is 0 Å². The molecule has 0 spiro atoms. The van der Waals surface area contributed by atoms with Crippen LogP contribution in [0, 0.1) is 0 Å². The van der Waals surface area contributed by atoms with Gasteiger partial charge in [-0.1, -0.05) is 33.4 Å². The van der Waals surface area contributed by atoms with Gasteiger partial charge < -0.3 is 10.2 Å². The zero-order valence-electron chi connectivity index (χ0n) is 13.7. The van der Waals surface area contributed by atoms with Crippen LogP contribution in [0.25, 0.3) is 0 Å². The number of nitrogens with zero attached hydrogens (tertiary/aromatic N) is 1. The highest BCUT2D eigenvalue weighted by Crippen LogP contribution is 2.26. The first kappa shape index (κ1) is 18.2. The third-order valence-corrected chi connectivity index (χ3v) is 3.93. The summed E-state index contributed by atoms with van der Waals surface area (Å²) in [6.45, 7) is 13.4. The van der Waals surface area contributed by atoms with Crippen LogP contribution in [-0.2, 0) is 0 Å². The first-order chi connectivity index (χ1) is 9.26. The molecular weight excluding hydrogens is 232 g/mol. The molecule has 0 aromatic rings. The highest BCUT2D eigenvalue weighted by atomic mass is 15.2.